The number of amides is 1. The maximum atomic E-state index is 11.8. The van der Waals surface area contributed by atoms with Crippen molar-refractivity contribution in [3.63, 3.8) is 0 Å². The molecule has 1 N–H and O–H groups in total. The molecule has 1 aromatic rings. The van der Waals surface area contributed by atoms with Crippen molar-refractivity contribution in [3.05, 3.63) is 35.9 Å². The third kappa shape index (κ3) is 4.49. The maximum Gasteiger partial charge on any atom is 0.235 e. The predicted molar refractivity (Wildman–Crippen MR) is 69.7 cm³/mol. The molecule has 0 unspecified atom stereocenters. The standard InChI is InChI=1S/C13H17NO3S/c15-13(14-8-11-6-7-11)10-18(16,17)9-12-4-2-1-3-5-12/h1-5,11H,6-10H2,(H,14,15). The molecule has 1 aliphatic carbocycles. The molecular formula is C13H17NO3S. The van der Waals surface area contributed by atoms with Crippen LogP contribution in [0.15, 0.2) is 30.3 Å². The molecule has 1 saturated carbocycles. The summed E-state index contributed by atoms with van der Waals surface area (Å²) >= 11 is 0. The fourth-order valence-electron chi connectivity index (χ4n) is 1.71. The monoisotopic (exact) mass is 267 g/mol. The molecule has 0 spiro atoms. The molecule has 0 bridgehead atoms. The molecule has 0 heterocycles. The van der Waals surface area contributed by atoms with Gasteiger partial charge in [0.25, 0.3) is 0 Å². The Morgan fingerprint density at radius 3 is 2.50 bits per heavy atom. The Morgan fingerprint density at radius 2 is 1.89 bits per heavy atom. The Kier molecular flexibility index (Phi) is 4.01. The van der Waals surface area contributed by atoms with Gasteiger partial charge in [0.05, 0.1) is 5.75 Å². The zero-order valence-electron chi connectivity index (χ0n) is 10.1. The van der Waals surface area contributed by atoms with Crippen molar-refractivity contribution in [2.75, 3.05) is 12.3 Å². The van der Waals surface area contributed by atoms with Gasteiger partial charge in [0, 0.05) is 6.54 Å². The molecule has 1 fully saturated rings. The molecule has 0 aromatic heterocycles. The average Bonchev–Trinajstić information content (AvgIpc) is 3.10. The van der Waals surface area contributed by atoms with Gasteiger partial charge in [-0.2, -0.15) is 0 Å². The second-order valence-corrected chi connectivity index (χ2v) is 6.83. The smallest absolute Gasteiger partial charge is 0.235 e. The van der Waals surface area contributed by atoms with E-state index in [0.717, 1.165) is 12.8 Å². The van der Waals surface area contributed by atoms with Crippen molar-refractivity contribution < 1.29 is 13.2 Å². The minimum Gasteiger partial charge on any atom is -0.355 e. The zero-order valence-corrected chi connectivity index (χ0v) is 10.9. The van der Waals surface area contributed by atoms with Crippen LogP contribution in [0.25, 0.3) is 0 Å². The minimum absolute atomic E-state index is 0.0787. The Labute approximate surface area is 107 Å². The van der Waals surface area contributed by atoms with Gasteiger partial charge >= 0.3 is 0 Å². The molecule has 18 heavy (non-hydrogen) atoms. The summed E-state index contributed by atoms with van der Waals surface area (Å²) in [6, 6.07) is 8.91. The molecule has 5 heteroatoms. The van der Waals surface area contributed by atoms with Gasteiger partial charge in [-0.15, -0.1) is 0 Å². The van der Waals surface area contributed by atoms with E-state index in [4.69, 9.17) is 0 Å². The number of hydrogen-bond acceptors (Lipinski definition) is 3. The molecule has 1 aromatic carbocycles. The van der Waals surface area contributed by atoms with Crippen LogP contribution in [-0.2, 0) is 20.4 Å². The third-order valence-electron chi connectivity index (χ3n) is 2.87. The van der Waals surface area contributed by atoms with Crippen molar-refractivity contribution in [3.8, 4) is 0 Å². The van der Waals surface area contributed by atoms with Crippen LogP contribution < -0.4 is 5.32 Å². The number of rotatable bonds is 6. The van der Waals surface area contributed by atoms with E-state index in [1.54, 1.807) is 24.3 Å². The third-order valence-corrected chi connectivity index (χ3v) is 4.34. The summed E-state index contributed by atoms with van der Waals surface area (Å²) in [6.07, 6.45) is 2.27. The van der Waals surface area contributed by atoms with Gasteiger partial charge in [0.2, 0.25) is 5.91 Å². The van der Waals surface area contributed by atoms with Crippen molar-refractivity contribution in [1.82, 2.24) is 5.32 Å². The number of benzene rings is 1. The van der Waals surface area contributed by atoms with Crippen molar-refractivity contribution >= 4 is 15.7 Å². The largest absolute Gasteiger partial charge is 0.355 e. The Bertz CT molecular complexity index is 506. The lowest BCUT2D eigenvalue weighted by atomic mass is 10.2. The number of carbonyl (C=O) groups excluding carboxylic acids is 1. The van der Waals surface area contributed by atoms with Crippen LogP contribution in [0.1, 0.15) is 18.4 Å². The van der Waals surface area contributed by atoms with Crippen LogP contribution in [0.2, 0.25) is 0 Å². The van der Waals surface area contributed by atoms with E-state index in [9.17, 15) is 13.2 Å². The fraction of sp³-hybridized carbons (Fsp3) is 0.462. The Morgan fingerprint density at radius 1 is 1.22 bits per heavy atom. The SMILES string of the molecule is O=C(CS(=O)(=O)Cc1ccccc1)NCC1CC1. The van der Waals surface area contributed by atoms with Crippen LogP contribution in [0.5, 0.6) is 0 Å². The Hall–Kier alpha value is -1.36. The van der Waals surface area contributed by atoms with Crippen LogP contribution >= 0.6 is 0 Å². The molecule has 1 amide bonds. The van der Waals surface area contributed by atoms with E-state index < -0.39 is 21.5 Å². The topological polar surface area (TPSA) is 63.2 Å². The fourth-order valence-corrected chi connectivity index (χ4v) is 3.01. The summed E-state index contributed by atoms with van der Waals surface area (Å²) in [5, 5.41) is 2.67. The molecule has 1 aliphatic rings. The maximum absolute atomic E-state index is 11.8. The first kappa shape index (κ1) is 13.1. The van der Waals surface area contributed by atoms with Crippen molar-refractivity contribution in [2.24, 2.45) is 5.92 Å². The highest BCUT2D eigenvalue weighted by Crippen LogP contribution is 2.27. The van der Waals surface area contributed by atoms with Crippen molar-refractivity contribution in [2.45, 2.75) is 18.6 Å². The molecule has 4 nitrogen and oxygen atoms in total. The number of sulfone groups is 1. The molecular weight excluding hydrogens is 250 g/mol. The van der Waals surface area contributed by atoms with Gasteiger partial charge in [0.1, 0.15) is 5.75 Å². The van der Waals surface area contributed by atoms with Gasteiger partial charge in [-0.3, -0.25) is 4.79 Å². The van der Waals surface area contributed by atoms with E-state index in [-0.39, 0.29) is 5.75 Å². The zero-order chi connectivity index (χ0) is 13.0. The van der Waals surface area contributed by atoms with Gasteiger partial charge in [-0.1, -0.05) is 30.3 Å². The van der Waals surface area contributed by atoms with E-state index in [0.29, 0.717) is 18.0 Å². The summed E-state index contributed by atoms with van der Waals surface area (Å²) in [4.78, 5) is 11.5. The van der Waals surface area contributed by atoms with E-state index >= 15 is 0 Å². The highest BCUT2D eigenvalue weighted by atomic mass is 32.2. The normalized spacial score (nSPS) is 15.3. The van der Waals surface area contributed by atoms with Crippen molar-refractivity contribution in [1.29, 1.82) is 0 Å². The van der Waals surface area contributed by atoms with Gasteiger partial charge in [0.15, 0.2) is 9.84 Å². The molecule has 0 atom stereocenters. The minimum atomic E-state index is -3.37. The summed E-state index contributed by atoms with van der Waals surface area (Å²) < 4.78 is 23.6. The average molecular weight is 267 g/mol. The lowest BCUT2D eigenvalue weighted by Crippen LogP contribution is -2.32. The lowest BCUT2D eigenvalue weighted by Gasteiger charge is -2.05. The number of carbonyl (C=O) groups is 1. The van der Waals surface area contributed by atoms with Crippen LogP contribution in [0.4, 0.5) is 0 Å². The Balaban J connectivity index is 1.84. The molecule has 2 rings (SSSR count). The lowest BCUT2D eigenvalue weighted by molar-refractivity contribution is -0.118. The van der Waals surface area contributed by atoms with Gasteiger partial charge in [-0.25, -0.2) is 8.42 Å². The molecule has 0 aliphatic heterocycles. The summed E-state index contributed by atoms with van der Waals surface area (Å²) in [5.41, 5.74) is 0.715. The highest BCUT2D eigenvalue weighted by molar-refractivity contribution is 7.91. The first-order valence-corrected chi connectivity index (χ1v) is 7.88. The van der Waals surface area contributed by atoms with Gasteiger partial charge in [-0.05, 0) is 24.3 Å². The van der Waals surface area contributed by atoms with E-state index in [1.165, 1.54) is 0 Å². The highest BCUT2D eigenvalue weighted by Gasteiger charge is 2.23. The second kappa shape index (κ2) is 5.52. The van der Waals surface area contributed by atoms with Crippen LogP contribution in [-0.4, -0.2) is 26.6 Å². The quantitative estimate of drug-likeness (QED) is 0.840. The van der Waals surface area contributed by atoms with E-state index in [2.05, 4.69) is 5.32 Å². The summed E-state index contributed by atoms with van der Waals surface area (Å²) in [7, 11) is -3.37. The molecule has 0 radical (unpaired) electrons. The van der Waals surface area contributed by atoms with E-state index in [1.807, 2.05) is 6.07 Å². The molecule has 98 valence electrons. The van der Waals surface area contributed by atoms with Crippen LogP contribution in [0, 0.1) is 5.92 Å². The number of nitrogens with one attached hydrogen (secondary N) is 1. The second-order valence-electron chi connectivity index (χ2n) is 4.77. The first-order chi connectivity index (χ1) is 8.55. The van der Waals surface area contributed by atoms with Gasteiger partial charge < -0.3 is 5.32 Å². The summed E-state index contributed by atoms with van der Waals surface area (Å²) in [5.74, 6) is -0.331. The first-order valence-electron chi connectivity index (χ1n) is 6.06. The van der Waals surface area contributed by atoms with Crippen LogP contribution in [0.3, 0.4) is 0 Å². The number of hydrogen-bond donors (Lipinski definition) is 1. The summed E-state index contributed by atoms with van der Waals surface area (Å²) in [6.45, 7) is 0.611. The molecule has 0 saturated heterocycles. The predicted octanol–water partition coefficient (Wildman–Crippen LogP) is 1.13.